The van der Waals surface area contributed by atoms with E-state index < -0.39 is 0 Å². The summed E-state index contributed by atoms with van der Waals surface area (Å²) in [6.45, 7) is 3.74. The third-order valence-corrected chi connectivity index (χ3v) is 7.32. The fourth-order valence-corrected chi connectivity index (χ4v) is 5.77. The molecule has 0 saturated carbocycles. The first-order chi connectivity index (χ1) is 14.9. The summed E-state index contributed by atoms with van der Waals surface area (Å²) < 4.78 is 0. The molecule has 2 atom stereocenters. The van der Waals surface area contributed by atoms with Gasteiger partial charge >= 0.3 is 0 Å². The van der Waals surface area contributed by atoms with Crippen molar-refractivity contribution in [3.8, 4) is 0 Å². The predicted molar refractivity (Wildman–Crippen MR) is 124 cm³/mol. The minimum Gasteiger partial charge on any atom is -0.384 e. The second kappa shape index (κ2) is 9.30. The van der Waals surface area contributed by atoms with Gasteiger partial charge in [0.15, 0.2) is 0 Å². The van der Waals surface area contributed by atoms with E-state index in [4.69, 9.17) is 0 Å². The number of nitrogens with zero attached hydrogens (tertiary/aromatic N) is 3. The summed E-state index contributed by atoms with van der Waals surface area (Å²) in [4.78, 5) is 2.77. The fraction of sp³-hybridized carbons (Fsp3) is 0.538. The Morgan fingerprint density at radius 1 is 0.800 bits per heavy atom. The first-order valence-electron chi connectivity index (χ1n) is 12.0. The Morgan fingerprint density at radius 3 is 2.53 bits per heavy atom. The van der Waals surface area contributed by atoms with E-state index in [1.165, 1.54) is 74.8 Å². The number of benzene rings is 2. The van der Waals surface area contributed by atoms with Crippen molar-refractivity contribution >= 4 is 17.1 Å². The molecule has 30 heavy (non-hydrogen) atoms. The molecule has 0 amide bonds. The third kappa shape index (κ3) is 4.29. The smallest absolute Gasteiger partial charge is 0.0893 e. The number of nitrogens with one attached hydrogen (secondary N) is 1. The van der Waals surface area contributed by atoms with Gasteiger partial charge in [0, 0.05) is 18.3 Å². The van der Waals surface area contributed by atoms with Gasteiger partial charge in [-0.15, -0.1) is 0 Å². The average Bonchev–Trinajstić information content (AvgIpc) is 2.82. The Kier molecular flexibility index (Phi) is 6.12. The van der Waals surface area contributed by atoms with Crippen molar-refractivity contribution in [3.63, 3.8) is 0 Å². The molecule has 2 fully saturated rings. The molecule has 2 aliphatic heterocycles. The second-order valence-corrected chi connectivity index (χ2v) is 9.21. The standard InChI is InChI=1S/C26H34N4/c1-2-10-21(11-3-1)28-29-25-16-15-24(22-12-4-5-13-23(22)25)27-19-20-9-8-18-30-17-7-6-14-26(20)30/h1-3,10-11,15-16,20,26-27H,4-9,12-14,17-19H2/t20-,26+/m0/s1. The molecule has 0 aromatic heterocycles. The van der Waals surface area contributed by atoms with E-state index in [1.807, 2.05) is 30.3 Å². The number of hydrogen-bond donors (Lipinski definition) is 1. The Balaban J connectivity index is 1.32. The van der Waals surface area contributed by atoms with E-state index in [-0.39, 0.29) is 0 Å². The molecule has 2 heterocycles. The van der Waals surface area contributed by atoms with Crippen LogP contribution in [0.4, 0.5) is 17.1 Å². The lowest BCUT2D eigenvalue weighted by Crippen LogP contribution is -2.49. The Morgan fingerprint density at radius 2 is 1.63 bits per heavy atom. The first-order valence-corrected chi connectivity index (χ1v) is 12.0. The third-order valence-electron chi connectivity index (χ3n) is 7.32. The Labute approximate surface area is 180 Å². The van der Waals surface area contributed by atoms with Crippen LogP contribution in [-0.4, -0.2) is 30.6 Å². The molecule has 0 spiro atoms. The largest absolute Gasteiger partial charge is 0.384 e. The Bertz CT molecular complexity index is 874. The van der Waals surface area contributed by atoms with Gasteiger partial charge in [0.2, 0.25) is 0 Å². The van der Waals surface area contributed by atoms with E-state index in [9.17, 15) is 0 Å². The zero-order chi connectivity index (χ0) is 20.2. The number of piperidine rings is 2. The van der Waals surface area contributed by atoms with Gasteiger partial charge in [0.25, 0.3) is 0 Å². The number of anilines is 1. The number of rotatable bonds is 5. The van der Waals surface area contributed by atoms with Crippen LogP contribution in [0, 0.1) is 5.92 Å². The van der Waals surface area contributed by atoms with E-state index >= 15 is 0 Å². The maximum Gasteiger partial charge on any atom is 0.0893 e. The molecule has 158 valence electrons. The summed E-state index contributed by atoms with van der Waals surface area (Å²) >= 11 is 0. The molecular formula is C26H34N4. The SMILES string of the molecule is c1ccc(N=Nc2ccc(NC[C@@H]3CCCN4CCCC[C@H]34)c3c2CCCC3)cc1. The van der Waals surface area contributed by atoms with Crippen LogP contribution in [-0.2, 0) is 12.8 Å². The van der Waals surface area contributed by atoms with E-state index in [0.717, 1.165) is 42.7 Å². The van der Waals surface area contributed by atoms with Gasteiger partial charge in [-0.1, -0.05) is 24.6 Å². The van der Waals surface area contributed by atoms with E-state index in [1.54, 1.807) is 0 Å². The lowest BCUT2D eigenvalue weighted by atomic mass is 9.83. The van der Waals surface area contributed by atoms with Gasteiger partial charge in [-0.05, 0) is 106 Å². The predicted octanol–water partition coefficient (Wildman–Crippen LogP) is 6.66. The monoisotopic (exact) mass is 402 g/mol. The minimum atomic E-state index is 0.788. The summed E-state index contributed by atoms with van der Waals surface area (Å²) in [7, 11) is 0. The van der Waals surface area contributed by atoms with Crippen LogP contribution in [0.25, 0.3) is 0 Å². The van der Waals surface area contributed by atoms with Gasteiger partial charge in [0.05, 0.1) is 11.4 Å². The van der Waals surface area contributed by atoms with Crippen LogP contribution < -0.4 is 5.32 Å². The van der Waals surface area contributed by atoms with Crippen molar-refractivity contribution in [2.24, 2.45) is 16.1 Å². The maximum atomic E-state index is 4.63. The molecule has 0 bridgehead atoms. The number of hydrogen-bond acceptors (Lipinski definition) is 4. The summed E-state index contributed by atoms with van der Waals surface area (Å²) in [6.07, 6.45) is 11.7. The van der Waals surface area contributed by atoms with Crippen molar-refractivity contribution in [1.29, 1.82) is 0 Å². The van der Waals surface area contributed by atoms with Gasteiger partial charge in [-0.3, -0.25) is 0 Å². The quantitative estimate of drug-likeness (QED) is 0.568. The van der Waals surface area contributed by atoms with E-state index in [0.29, 0.717) is 0 Å². The van der Waals surface area contributed by atoms with Crippen LogP contribution in [0.15, 0.2) is 52.7 Å². The highest BCUT2D eigenvalue weighted by molar-refractivity contribution is 5.64. The van der Waals surface area contributed by atoms with Crippen molar-refractivity contribution < 1.29 is 0 Å². The molecule has 4 heteroatoms. The molecule has 4 nitrogen and oxygen atoms in total. The number of fused-ring (bicyclic) bond motifs is 2. The van der Waals surface area contributed by atoms with Crippen molar-refractivity contribution in [2.75, 3.05) is 25.0 Å². The van der Waals surface area contributed by atoms with E-state index in [2.05, 4.69) is 32.6 Å². The molecule has 5 rings (SSSR count). The van der Waals surface area contributed by atoms with Crippen molar-refractivity contribution in [2.45, 2.75) is 63.8 Å². The zero-order valence-corrected chi connectivity index (χ0v) is 18.0. The highest BCUT2D eigenvalue weighted by Gasteiger charge is 2.32. The summed E-state index contributed by atoms with van der Waals surface area (Å²) in [5.74, 6) is 0.788. The Hall–Kier alpha value is -2.20. The van der Waals surface area contributed by atoms with Crippen molar-refractivity contribution in [3.05, 3.63) is 53.6 Å². The first kappa shape index (κ1) is 19.7. The molecule has 2 aromatic carbocycles. The van der Waals surface area contributed by atoms with Gasteiger partial charge in [0.1, 0.15) is 0 Å². The topological polar surface area (TPSA) is 40.0 Å². The second-order valence-electron chi connectivity index (χ2n) is 9.21. The average molecular weight is 403 g/mol. The summed E-state index contributed by atoms with van der Waals surface area (Å²) in [6, 6.07) is 15.3. The molecule has 0 radical (unpaired) electrons. The molecule has 1 N–H and O–H groups in total. The molecule has 3 aliphatic rings. The van der Waals surface area contributed by atoms with Crippen LogP contribution >= 0.6 is 0 Å². The van der Waals surface area contributed by atoms with Gasteiger partial charge < -0.3 is 10.2 Å². The van der Waals surface area contributed by atoms with Gasteiger partial charge in [-0.2, -0.15) is 10.2 Å². The molecule has 2 aromatic rings. The lowest BCUT2D eigenvalue weighted by Gasteiger charge is -2.44. The molecule has 0 unspecified atom stereocenters. The normalized spacial score (nSPS) is 24.4. The van der Waals surface area contributed by atoms with Crippen LogP contribution in [0.1, 0.15) is 56.1 Å². The van der Waals surface area contributed by atoms with Crippen LogP contribution in [0.2, 0.25) is 0 Å². The van der Waals surface area contributed by atoms with Gasteiger partial charge in [-0.25, -0.2) is 0 Å². The number of azo groups is 1. The highest BCUT2D eigenvalue weighted by Crippen LogP contribution is 2.37. The lowest BCUT2D eigenvalue weighted by molar-refractivity contribution is 0.0649. The molecular weight excluding hydrogens is 368 g/mol. The van der Waals surface area contributed by atoms with Crippen molar-refractivity contribution in [1.82, 2.24) is 4.90 Å². The van der Waals surface area contributed by atoms with Crippen LogP contribution in [0.5, 0.6) is 0 Å². The zero-order valence-electron chi connectivity index (χ0n) is 18.0. The maximum absolute atomic E-state index is 4.63. The minimum absolute atomic E-state index is 0.788. The summed E-state index contributed by atoms with van der Waals surface area (Å²) in [5, 5.41) is 13.0. The molecule has 1 aliphatic carbocycles. The molecule has 2 saturated heterocycles. The summed E-state index contributed by atoms with van der Waals surface area (Å²) in [5.41, 5.74) is 6.21. The highest BCUT2D eigenvalue weighted by atomic mass is 15.2. The fourth-order valence-electron chi connectivity index (χ4n) is 5.77. The van der Waals surface area contributed by atoms with Crippen LogP contribution in [0.3, 0.4) is 0 Å².